The summed E-state index contributed by atoms with van der Waals surface area (Å²) in [5.41, 5.74) is -2.23. The second kappa shape index (κ2) is 10.6. The van der Waals surface area contributed by atoms with Crippen LogP contribution in [0.1, 0.15) is 40.7 Å². The van der Waals surface area contributed by atoms with Crippen molar-refractivity contribution >= 4 is 23.5 Å². The predicted octanol–water partition coefficient (Wildman–Crippen LogP) is 3.53. The van der Waals surface area contributed by atoms with E-state index in [2.05, 4.69) is 0 Å². The molecule has 9 nitrogen and oxygen atoms in total. The van der Waals surface area contributed by atoms with Gasteiger partial charge in [0.15, 0.2) is 0 Å². The Labute approximate surface area is 185 Å². The van der Waals surface area contributed by atoms with Crippen LogP contribution in [0.15, 0.2) is 48.5 Å². The van der Waals surface area contributed by atoms with Crippen LogP contribution in [0.5, 0.6) is 0 Å². The van der Waals surface area contributed by atoms with Gasteiger partial charge in [-0.1, -0.05) is 24.3 Å². The van der Waals surface area contributed by atoms with Crippen molar-refractivity contribution < 1.29 is 42.3 Å². The molecule has 12 heteroatoms. The molecule has 2 aromatic rings. The highest BCUT2D eigenvalue weighted by Crippen LogP contribution is 2.32. The lowest BCUT2D eigenvalue weighted by Gasteiger charge is -2.25. The Kier molecular flexibility index (Phi) is 8.10. The summed E-state index contributed by atoms with van der Waals surface area (Å²) in [6.07, 6.45) is -5.42. The Morgan fingerprint density at radius 2 is 1.73 bits per heavy atom. The van der Waals surface area contributed by atoms with Crippen LogP contribution >= 0.6 is 0 Å². The van der Waals surface area contributed by atoms with Crippen LogP contribution in [-0.4, -0.2) is 40.5 Å². The first-order valence-electron chi connectivity index (χ1n) is 9.55. The van der Waals surface area contributed by atoms with Gasteiger partial charge in [0, 0.05) is 18.1 Å². The Balaban J connectivity index is 2.45. The number of aliphatic carboxylic acids is 1. The largest absolute Gasteiger partial charge is 0.480 e. The number of amides is 1. The van der Waals surface area contributed by atoms with E-state index in [4.69, 9.17) is 4.74 Å². The van der Waals surface area contributed by atoms with Gasteiger partial charge in [0.05, 0.1) is 29.1 Å². The fourth-order valence-electron chi connectivity index (χ4n) is 3.15. The van der Waals surface area contributed by atoms with Gasteiger partial charge in [-0.05, 0) is 24.6 Å². The number of nitrogens with one attached hydrogen (secondary N) is 1. The number of ether oxygens (including phenoxy) is 1. The normalized spacial score (nSPS) is 13.0. The molecule has 1 amide bonds. The molecule has 33 heavy (non-hydrogen) atoms. The van der Waals surface area contributed by atoms with Gasteiger partial charge in [0.2, 0.25) is 0 Å². The molecule has 2 aromatic carbocycles. The highest BCUT2D eigenvalue weighted by atomic mass is 19.4. The number of nitrogens with zero attached hydrogens (tertiary/aromatic N) is 1. The van der Waals surface area contributed by atoms with Crippen molar-refractivity contribution in [3.8, 4) is 0 Å². The standard InChI is InChI=1S/C21H19F3N2O7/c1-2-33-17(27)11-15(12-7-9-13(10-8-12)26(31)32)18(20(29)30)25-19(28)14-5-3-4-6-16(14)21(22,23)24/h3-10,15,18H,2,11H2,1H3,(H,25,28)(H,29,30)/t15-,18+/m0/s1. The van der Waals surface area contributed by atoms with Gasteiger partial charge in [0.25, 0.3) is 11.6 Å². The van der Waals surface area contributed by atoms with E-state index in [0.717, 1.165) is 24.3 Å². The van der Waals surface area contributed by atoms with Crippen molar-refractivity contribution in [1.29, 1.82) is 0 Å². The molecule has 2 atom stereocenters. The molecular weight excluding hydrogens is 449 g/mol. The van der Waals surface area contributed by atoms with E-state index in [9.17, 15) is 42.8 Å². The van der Waals surface area contributed by atoms with Gasteiger partial charge in [-0.15, -0.1) is 0 Å². The minimum absolute atomic E-state index is 0.0190. The number of rotatable bonds is 9. The second-order valence-corrected chi connectivity index (χ2v) is 6.80. The van der Waals surface area contributed by atoms with Gasteiger partial charge >= 0.3 is 18.1 Å². The fraction of sp³-hybridized carbons (Fsp3) is 0.286. The molecule has 2 N–H and O–H groups in total. The fourth-order valence-corrected chi connectivity index (χ4v) is 3.15. The second-order valence-electron chi connectivity index (χ2n) is 6.80. The number of nitro groups is 1. The predicted molar refractivity (Wildman–Crippen MR) is 107 cm³/mol. The van der Waals surface area contributed by atoms with Crippen molar-refractivity contribution in [3.05, 3.63) is 75.3 Å². The summed E-state index contributed by atoms with van der Waals surface area (Å²) in [5, 5.41) is 22.7. The Hall–Kier alpha value is -3.96. The molecule has 176 valence electrons. The quantitative estimate of drug-likeness (QED) is 0.326. The maximum absolute atomic E-state index is 13.3. The first-order valence-corrected chi connectivity index (χ1v) is 9.55. The molecular formula is C21H19F3N2O7. The monoisotopic (exact) mass is 468 g/mol. The molecule has 0 radical (unpaired) electrons. The zero-order valence-corrected chi connectivity index (χ0v) is 17.2. The highest BCUT2D eigenvalue weighted by molar-refractivity contribution is 5.98. The van der Waals surface area contributed by atoms with E-state index in [1.54, 1.807) is 0 Å². The summed E-state index contributed by atoms with van der Waals surface area (Å²) in [4.78, 5) is 46.9. The molecule has 0 aliphatic carbocycles. The number of carbonyl (C=O) groups is 3. The van der Waals surface area contributed by atoms with Gasteiger partial charge in [0.1, 0.15) is 6.04 Å². The molecule has 0 bridgehead atoms. The average Bonchev–Trinajstić information content (AvgIpc) is 2.75. The van der Waals surface area contributed by atoms with Gasteiger partial charge in [-0.3, -0.25) is 19.7 Å². The zero-order chi connectivity index (χ0) is 24.8. The van der Waals surface area contributed by atoms with Crippen LogP contribution < -0.4 is 5.32 Å². The number of halogens is 3. The third-order valence-electron chi connectivity index (χ3n) is 4.66. The number of carbonyl (C=O) groups excluding carboxylic acids is 2. The molecule has 0 aliphatic heterocycles. The smallest absolute Gasteiger partial charge is 0.417 e. The van der Waals surface area contributed by atoms with Crippen LogP contribution in [0, 0.1) is 10.1 Å². The number of hydrogen-bond acceptors (Lipinski definition) is 6. The number of nitro benzene ring substituents is 1. The summed E-state index contributed by atoms with van der Waals surface area (Å²) in [7, 11) is 0. The van der Waals surface area contributed by atoms with E-state index in [0.29, 0.717) is 6.07 Å². The number of carboxylic acid groups (broad SMARTS) is 1. The third kappa shape index (κ3) is 6.51. The van der Waals surface area contributed by atoms with E-state index in [1.165, 1.54) is 25.1 Å². The molecule has 0 saturated heterocycles. The third-order valence-corrected chi connectivity index (χ3v) is 4.66. The topological polar surface area (TPSA) is 136 Å². The molecule has 0 unspecified atom stereocenters. The number of hydrogen-bond donors (Lipinski definition) is 2. The molecule has 0 aliphatic rings. The number of esters is 1. The zero-order valence-electron chi connectivity index (χ0n) is 17.2. The maximum atomic E-state index is 13.3. The van der Waals surface area contributed by atoms with Crippen LogP contribution in [-0.2, 0) is 20.5 Å². The van der Waals surface area contributed by atoms with Crippen LogP contribution in [0.25, 0.3) is 0 Å². The Morgan fingerprint density at radius 3 is 2.24 bits per heavy atom. The average molecular weight is 468 g/mol. The van der Waals surface area contributed by atoms with Crippen molar-refractivity contribution in [2.75, 3.05) is 6.61 Å². The molecule has 2 rings (SSSR count). The van der Waals surface area contributed by atoms with Crippen molar-refractivity contribution in [2.45, 2.75) is 31.5 Å². The molecule has 0 spiro atoms. The summed E-state index contributed by atoms with van der Waals surface area (Å²) >= 11 is 0. The highest BCUT2D eigenvalue weighted by Gasteiger charge is 2.38. The SMILES string of the molecule is CCOC(=O)C[C@@H](c1ccc([N+](=O)[O-])cc1)[C@@H](NC(=O)c1ccccc1C(F)(F)F)C(=O)O. The number of benzene rings is 2. The van der Waals surface area contributed by atoms with Gasteiger partial charge < -0.3 is 15.2 Å². The molecule has 0 fully saturated rings. The summed E-state index contributed by atoms with van der Waals surface area (Å²) in [6, 6.07) is 6.55. The lowest BCUT2D eigenvalue weighted by Crippen LogP contribution is -2.46. The van der Waals surface area contributed by atoms with Gasteiger partial charge in [-0.2, -0.15) is 13.2 Å². The Bertz CT molecular complexity index is 1040. The van der Waals surface area contributed by atoms with Crippen LogP contribution in [0.4, 0.5) is 18.9 Å². The van der Waals surface area contributed by atoms with Crippen LogP contribution in [0.3, 0.4) is 0 Å². The minimum atomic E-state index is -4.87. The number of carboxylic acids is 1. The first-order chi connectivity index (χ1) is 15.5. The maximum Gasteiger partial charge on any atom is 0.417 e. The molecule has 0 heterocycles. The lowest BCUT2D eigenvalue weighted by molar-refractivity contribution is -0.384. The van der Waals surface area contributed by atoms with Crippen molar-refractivity contribution in [3.63, 3.8) is 0 Å². The molecule has 0 saturated carbocycles. The van der Waals surface area contributed by atoms with Crippen LogP contribution in [0.2, 0.25) is 0 Å². The number of alkyl halides is 3. The Morgan fingerprint density at radius 1 is 1.12 bits per heavy atom. The minimum Gasteiger partial charge on any atom is -0.480 e. The summed E-state index contributed by atoms with van der Waals surface area (Å²) in [6.45, 7) is 1.50. The van der Waals surface area contributed by atoms with Crippen molar-refractivity contribution in [1.82, 2.24) is 5.32 Å². The summed E-state index contributed by atoms with van der Waals surface area (Å²) in [5.74, 6) is -5.05. The lowest BCUT2D eigenvalue weighted by atomic mass is 9.88. The van der Waals surface area contributed by atoms with E-state index in [-0.39, 0.29) is 17.9 Å². The first kappa shape index (κ1) is 25.3. The number of non-ortho nitro benzene ring substituents is 1. The van der Waals surface area contributed by atoms with Gasteiger partial charge in [-0.25, -0.2) is 4.79 Å². The van der Waals surface area contributed by atoms with Crippen molar-refractivity contribution in [2.24, 2.45) is 0 Å². The van der Waals surface area contributed by atoms with E-state index >= 15 is 0 Å². The molecule has 0 aromatic heterocycles. The van der Waals surface area contributed by atoms with E-state index in [1.807, 2.05) is 5.32 Å². The van der Waals surface area contributed by atoms with E-state index < -0.39 is 58.5 Å². The summed E-state index contributed by atoms with van der Waals surface area (Å²) < 4.78 is 44.7.